The first-order valence-electron chi connectivity index (χ1n) is 14.2. The SMILES string of the molecule is O=S(=O)(c1ccc(F)cc1)c1ccc(NC2CCN(C(=S)CCCN3CCN(c4ccc(Cl)cc4)CC3)CC2)cc1. The molecule has 3 aromatic rings. The molecule has 0 saturated carbocycles. The summed E-state index contributed by atoms with van der Waals surface area (Å²) in [6, 6.07) is 20.1. The molecule has 0 bridgehead atoms. The van der Waals surface area contributed by atoms with Crippen LogP contribution in [-0.2, 0) is 9.84 Å². The summed E-state index contributed by atoms with van der Waals surface area (Å²) in [5.74, 6) is -0.462. The zero-order chi connectivity index (χ0) is 28.8. The molecule has 1 N–H and O–H groups in total. The molecule has 2 fully saturated rings. The van der Waals surface area contributed by atoms with Crippen molar-refractivity contribution in [3.05, 3.63) is 83.6 Å². The second-order valence-corrected chi connectivity index (χ2v) is 13.5. The van der Waals surface area contributed by atoms with E-state index < -0.39 is 15.7 Å². The molecule has 0 aromatic heterocycles. The monoisotopic (exact) mass is 614 g/mol. The van der Waals surface area contributed by atoms with Gasteiger partial charge in [0.2, 0.25) is 9.84 Å². The third kappa shape index (κ3) is 7.77. The van der Waals surface area contributed by atoms with Gasteiger partial charge in [-0.3, -0.25) is 4.90 Å². The van der Waals surface area contributed by atoms with Crippen LogP contribution < -0.4 is 10.2 Å². The fourth-order valence-corrected chi connectivity index (χ4v) is 7.20. The van der Waals surface area contributed by atoms with Crippen LogP contribution in [0.2, 0.25) is 5.02 Å². The average Bonchev–Trinajstić information content (AvgIpc) is 2.99. The Morgan fingerprint density at radius 3 is 2.05 bits per heavy atom. The summed E-state index contributed by atoms with van der Waals surface area (Å²) >= 11 is 11.8. The average molecular weight is 615 g/mol. The molecule has 5 rings (SSSR count). The third-order valence-corrected chi connectivity index (χ3v) is 10.4. The lowest BCUT2D eigenvalue weighted by molar-refractivity contribution is 0.254. The lowest BCUT2D eigenvalue weighted by atomic mass is 10.0. The van der Waals surface area contributed by atoms with E-state index in [2.05, 4.69) is 32.1 Å². The number of thiocarbonyl (C=S) groups is 1. The van der Waals surface area contributed by atoms with Crippen molar-refractivity contribution in [2.45, 2.75) is 41.5 Å². The Bertz CT molecular complexity index is 1400. The minimum Gasteiger partial charge on any atom is -0.382 e. The van der Waals surface area contributed by atoms with Crippen molar-refractivity contribution < 1.29 is 12.8 Å². The van der Waals surface area contributed by atoms with Crippen molar-refractivity contribution in [1.82, 2.24) is 9.80 Å². The van der Waals surface area contributed by atoms with Gasteiger partial charge in [0, 0.05) is 61.7 Å². The van der Waals surface area contributed by atoms with Crippen LogP contribution in [0.5, 0.6) is 0 Å². The van der Waals surface area contributed by atoms with E-state index in [1.807, 2.05) is 12.1 Å². The number of piperidine rings is 1. The first-order chi connectivity index (χ1) is 19.8. The molecule has 10 heteroatoms. The predicted molar refractivity (Wildman–Crippen MR) is 168 cm³/mol. The largest absolute Gasteiger partial charge is 0.382 e. The molecule has 0 radical (unpaired) electrons. The fraction of sp³-hybridized carbons (Fsp3) is 0.387. The van der Waals surface area contributed by atoms with Crippen molar-refractivity contribution in [2.75, 3.05) is 56.0 Å². The number of nitrogens with zero attached hydrogens (tertiary/aromatic N) is 3. The summed E-state index contributed by atoms with van der Waals surface area (Å²) in [5.41, 5.74) is 2.13. The van der Waals surface area contributed by atoms with Gasteiger partial charge in [0.05, 0.1) is 14.8 Å². The van der Waals surface area contributed by atoms with E-state index in [1.165, 1.54) is 17.8 Å². The Balaban J connectivity index is 1.01. The van der Waals surface area contributed by atoms with Crippen LogP contribution in [0.25, 0.3) is 0 Å². The second-order valence-electron chi connectivity index (χ2n) is 10.7. The molecule has 0 amide bonds. The highest BCUT2D eigenvalue weighted by Gasteiger charge is 2.22. The van der Waals surface area contributed by atoms with Gasteiger partial charge in [0.15, 0.2) is 0 Å². The van der Waals surface area contributed by atoms with Crippen LogP contribution in [0.15, 0.2) is 82.6 Å². The first-order valence-corrected chi connectivity index (χ1v) is 16.4. The second kappa shape index (κ2) is 13.5. The summed E-state index contributed by atoms with van der Waals surface area (Å²) in [4.78, 5) is 8.61. The minimum absolute atomic E-state index is 0.0830. The molecule has 0 unspecified atom stereocenters. The van der Waals surface area contributed by atoms with Crippen LogP contribution in [0.3, 0.4) is 0 Å². The van der Waals surface area contributed by atoms with Crippen molar-refractivity contribution >= 4 is 50.0 Å². The minimum atomic E-state index is -3.68. The van der Waals surface area contributed by atoms with Crippen LogP contribution in [0.4, 0.5) is 15.8 Å². The number of sulfone groups is 1. The van der Waals surface area contributed by atoms with E-state index in [-0.39, 0.29) is 9.79 Å². The molecule has 2 saturated heterocycles. The fourth-order valence-electron chi connectivity index (χ4n) is 5.48. The molecular weight excluding hydrogens is 579 g/mol. The Labute approximate surface area is 253 Å². The van der Waals surface area contributed by atoms with Crippen LogP contribution >= 0.6 is 23.8 Å². The van der Waals surface area contributed by atoms with Crippen molar-refractivity contribution in [3.63, 3.8) is 0 Å². The quantitative estimate of drug-likeness (QED) is 0.230. The zero-order valence-electron chi connectivity index (χ0n) is 23.0. The van der Waals surface area contributed by atoms with E-state index >= 15 is 0 Å². The summed E-state index contributed by atoms with van der Waals surface area (Å²) in [7, 11) is -3.68. The number of piperazine rings is 1. The maximum atomic E-state index is 13.2. The van der Waals surface area contributed by atoms with Gasteiger partial charge in [-0.05, 0) is 105 Å². The Kier molecular flexibility index (Phi) is 9.80. The standard InChI is InChI=1S/C31H36ClFN4O2S2/c32-24-3-9-28(10-4-24)36-22-20-35(21-23-36)17-1-2-31(40)37-18-15-27(16-19-37)34-26-7-13-30(14-8-26)41(38,39)29-11-5-25(33)6-12-29/h3-14,27,34H,1-2,15-23H2. The summed E-state index contributed by atoms with van der Waals surface area (Å²) in [5, 5.41) is 4.31. The highest BCUT2D eigenvalue weighted by molar-refractivity contribution is 7.91. The molecule has 2 aliphatic heterocycles. The summed E-state index contributed by atoms with van der Waals surface area (Å²) < 4.78 is 38.8. The maximum absolute atomic E-state index is 13.2. The van der Waals surface area contributed by atoms with E-state index in [4.69, 9.17) is 23.8 Å². The highest BCUT2D eigenvalue weighted by Crippen LogP contribution is 2.25. The van der Waals surface area contributed by atoms with Gasteiger partial charge >= 0.3 is 0 Å². The zero-order valence-corrected chi connectivity index (χ0v) is 25.4. The number of hydrogen-bond donors (Lipinski definition) is 1. The van der Waals surface area contributed by atoms with Crippen LogP contribution in [0.1, 0.15) is 25.7 Å². The number of benzene rings is 3. The third-order valence-electron chi connectivity index (χ3n) is 7.94. The van der Waals surface area contributed by atoms with Crippen LogP contribution in [-0.4, -0.2) is 75.1 Å². The highest BCUT2D eigenvalue weighted by atomic mass is 35.5. The Morgan fingerprint density at radius 2 is 1.44 bits per heavy atom. The molecule has 0 aliphatic carbocycles. The van der Waals surface area contributed by atoms with Gasteiger partial charge in [0.25, 0.3) is 0 Å². The first kappa shape index (κ1) is 29.8. The molecular formula is C31H36ClFN4O2S2. The lowest BCUT2D eigenvalue weighted by Gasteiger charge is -2.37. The molecule has 2 heterocycles. The summed E-state index contributed by atoms with van der Waals surface area (Å²) in [6.07, 6.45) is 3.96. The van der Waals surface area contributed by atoms with Gasteiger partial charge in [-0.15, -0.1) is 0 Å². The molecule has 2 aliphatic rings. The predicted octanol–water partition coefficient (Wildman–Crippen LogP) is 6.12. The number of likely N-dealkylation sites (tertiary alicyclic amines) is 1. The van der Waals surface area contributed by atoms with Gasteiger partial charge < -0.3 is 15.1 Å². The van der Waals surface area contributed by atoms with Gasteiger partial charge in [0.1, 0.15) is 5.82 Å². The van der Waals surface area contributed by atoms with Crippen molar-refractivity contribution in [1.29, 1.82) is 0 Å². The Morgan fingerprint density at radius 1 is 0.854 bits per heavy atom. The number of nitrogens with one attached hydrogen (secondary N) is 1. The van der Waals surface area contributed by atoms with Gasteiger partial charge in [-0.2, -0.15) is 0 Å². The van der Waals surface area contributed by atoms with E-state index in [0.717, 1.165) is 99.3 Å². The molecule has 6 nitrogen and oxygen atoms in total. The number of anilines is 2. The molecule has 41 heavy (non-hydrogen) atoms. The van der Waals surface area contributed by atoms with Crippen molar-refractivity contribution in [2.24, 2.45) is 0 Å². The molecule has 218 valence electrons. The topological polar surface area (TPSA) is 55.9 Å². The van der Waals surface area contributed by atoms with E-state index in [0.29, 0.717) is 6.04 Å². The normalized spacial score (nSPS) is 17.0. The van der Waals surface area contributed by atoms with Gasteiger partial charge in [-0.1, -0.05) is 23.8 Å². The maximum Gasteiger partial charge on any atom is 0.206 e. The number of halogens is 2. The lowest BCUT2D eigenvalue weighted by Crippen LogP contribution is -2.47. The molecule has 0 spiro atoms. The molecule has 3 aromatic carbocycles. The van der Waals surface area contributed by atoms with E-state index in [9.17, 15) is 12.8 Å². The smallest absolute Gasteiger partial charge is 0.206 e. The van der Waals surface area contributed by atoms with Crippen LogP contribution in [0, 0.1) is 5.82 Å². The number of rotatable bonds is 9. The summed E-state index contributed by atoms with van der Waals surface area (Å²) in [6.45, 7) is 7.09. The molecule has 0 atom stereocenters. The van der Waals surface area contributed by atoms with Gasteiger partial charge in [-0.25, -0.2) is 12.8 Å². The Hall–Kier alpha value is -2.72. The van der Waals surface area contributed by atoms with Crippen molar-refractivity contribution in [3.8, 4) is 0 Å². The number of hydrogen-bond acceptors (Lipinski definition) is 6. The van der Waals surface area contributed by atoms with E-state index in [1.54, 1.807) is 24.3 Å².